The Morgan fingerprint density at radius 3 is 2.91 bits per heavy atom. The summed E-state index contributed by atoms with van der Waals surface area (Å²) in [4.78, 5) is 11.9. The van der Waals surface area contributed by atoms with Crippen LogP contribution in [0.15, 0.2) is 56.9 Å². The summed E-state index contributed by atoms with van der Waals surface area (Å²) < 4.78 is 7.18. The lowest BCUT2D eigenvalue weighted by Crippen LogP contribution is -2.18. The molecule has 0 saturated carbocycles. The number of carbonyl (C=O) groups excluding carboxylic acids is 1. The fourth-order valence-electron chi connectivity index (χ4n) is 1.84. The van der Waals surface area contributed by atoms with E-state index in [1.54, 1.807) is 19.1 Å². The van der Waals surface area contributed by atoms with Crippen LogP contribution in [0.5, 0.6) is 0 Å². The summed E-state index contributed by atoms with van der Waals surface area (Å²) in [5.41, 5.74) is 4.72. The lowest BCUT2D eigenvalue weighted by Gasteiger charge is -2.04. The first-order valence-corrected chi connectivity index (χ1v) is 7.36. The lowest BCUT2D eigenvalue weighted by atomic mass is 10.1. The van der Waals surface area contributed by atoms with Crippen molar-refractivity contribution in [3.8, 4) is 5.69 Å². The second-order valence-electron chi connectivity index (χ2n) is 4.55. The minimum Gasteiger partial charge on any atom is -0.444 e. The molecule has 0 fully saturated rings. The predicted molar refractivity (Wildman–Crippen MR) is 85.2 cm³/mol. The van der Waals surface area contributed by atoms with Crippen LogP contribution < -0.4 is 5.43 Å². The Labute approximate surface area is 139 Å². The van der Waals surface area contributed by atoms with Crippen LogP contribution in [-0.2, 0) is 0 Å². The van der Waals surface area contributed by atoms with Crippen LogP contribution in [0.25, 0.3) is 5.69 Å². The van der Waals surface area contributed by atoms with E-state index in [4.69, 9.17) is 4.42 Å². The standard InChI is InChI=1S/C14H11BrN6O2/c1-9(17-18-14(22)12-5-6-13(15)23-12)10-3-2-4-11(7-10)21-8-16-19-20-21/h2-8H,1H3,(H,18,22)/b17-9+. The molecule has 1 amide bonds. The van der Waals surface area contributed by atoms with E-state index in [1.807, 2.05) is 24.3 Å². The number of aromatic nitrogens is 4. The van der Waals surface area contributed by atoms with Crippen molar-refractivity contribution in [2.24, 2.45) is 5.10 Å². The molecule has 1 aromatic carbocycles. The Morgan fingerprint density at radius 1 is 1.35 bits per heavy atom. The van der Waals surface area contributed by atoms with E-state index in [9.17, 15) is 4.79 Å². The number of hydrogen-bond donors (Lipinski definition) is 1. The van der Waals surface area contributed by atoms with Gasteiger partial charge in [0.15, 0.2) is 10.4 Å². The van der Waals surface area contributed by atoms with Crippen LogP contribution in [0.4, 0.5) is 0 Å². The average molecular weight is 375 g/mol. The van der Waals surface area contributed by atoms with Crippen LogP contribution in [0.3, 0.4) is 0 Å². The van der Waals surface area contributed by atoms with Crippen molar-refractivity contribution in [2.75, 3.05) is 0 Å². The second-order valence-corrected chi connectivity index (χ2v) is 5.33. The zero-order valence-corrected chi connectivity index (χ0v) is 13.6. The molecule has 2 aromatic heterocycles. The summed E-state index contributed by atoms with van der Waals surface area (Å²) in [6, 6.07) is 10.7. The molecule has 23 heavy (non-hydrogen) atoms. The van der Waals surface area contributed by atoms with Crippen LogP contribution in [0, 0.1) is 0 Å². The summed E-state index contributed by atoms with van der Waals surface area (Å²) in [5.74, 6) is -0.248. The minimum atomic E-state index is -0.424. The van der Waals surface area contributed by atoms with Gasteiger partial charge in [0.2, 0.25) is 0 Å². The van der Waals surface area contributed by atoms with Crippen molar-refractivity contribution < 1.29 is 9.21 Å². The number of amides is 1. The highest BCUT2D eigenvalue weighted by Gasteiger charge is 2.10. The third-order valence-electron chi connectivity index (χ3n) is 3.00. The van der Waals surface area contributed by atoms with E-state index >= 15 is 0 Å². The zero-order chi connectivity index (χ0) is 16.2. The van der Waals surface area contributed by atoms with Gasteiger partial charge in [0.1, 0.15) is 6.33 Å². The molecule has 0 spiro atoms. The summed E-state index contributed by atoms with van der Waals surface area (Å²) in [7, 11) is 0. The maximum absolute atomic E-state index is 11.9. The van der Waals surface area contributed by atoms with Gasteiger partial charge in [-0.15, -0.1) is 5.10 Å². The van der Waals surface area contributed by atoms with Crippen LogP contribution in [-0.4, -0.2) is 31.8 Å². The van der Waals surface area contributed by atoms with E-state index in [2.05, 4.69) is 42.0 Å². The quantitative estimate of drug-likeness (QED) is 0.557. The highest BCUT2D eigenvalue weighted by molar-refractivity contribution is 9.10. The number of halogens is 1. The molecular weight excluding hydrogens is 364 g/mol. The SMILES string of the molecule is C/C(=N\NC(=O)c1ccc(Br)o1)c1cccc(-n2cnnn2)c1. The molecule has 9 heteroatoms. The Hall–Kier alpha value is -2.81. The number of nitrogens with zero attached hydrogens (tertiary/aromatic N) is 5. The fourth-order valence-corrected chi connectivity index (χ4v) is 2.15. The lowest BCUT2D eigenvalue weighted by molar-refractivity contribution is 0.0926. The van der Waals surface area contributed by atoms with Crippen molar-refractivity contribution in [1.29, 1.82) is 0 Å². The second kappa shape index (κ2) is 6.53. The Balaban J connectivity index is 1.76. The van der Waals surface area contributed by atoms with Crippen LogP contribution in [0.1, 0.15) is 23.0 Å². The van der Waals surface area contributed by atoms with Gasteiger partial charge in [-0.1, -0.05) is 12.1 Å². The molecule has 0 radical (unpaired) electrons. The highest BCUT2D eigenvalue weighted by atomic mass is 79.9. The third-order valence-corrected chi connectivity index (χ3v) is 3.43. The van der Waals surface area contributed by atoms with Gasteiger partial charge in [0, 0.05) is 0 Å². The Bertz CT molecular complexity index is 856. The third kappa shape index (κ3) is 3.51. The van der Waals surface area contributed by atoms with Gasteiger partial charge in [-0.25, -0.2) is 10.1 Å². The summed E-state index contributed by atoms with van der Waals surface area (Å²) >= 11 is 3.14. The number of benzene rings is 1. The number of tetrazole rings is 1. The zero-order valence-electron chi connectivity index (χ0n) is 12.0. The van der Waals surface area contributed by atoms with Gasteiger partial charge in [-0.05, 0) is 63.1 Å². The molecule has 0 aliphatic carbocycles. The van der Waals surface area contributed by atoms with Crippen molar-refractivity contribution >= 4 is 27.5 Å². The molecular formula is C14H11BrN6O2. The van der Waals surface area contributed by atoms with Crippen molar-refractivity contribution in [2.45, 2.75) is 6.92 Å². The van der Waals surface area contributed by atoms with E-state index in [-0.39, 0.29) is 5.76 Å². The first-order valence-electron chi connectivity index (χ1n) is 6.57. The number of furan rings is 1. The van der Waals surface area contributed by atoms with Crippen LogP contribution >= 0.6 is 15.9 Å². The van der Waals surface area contributed by atoms with Gasteiger partial charge in [0.25, 0.3) is 0 Å². The van der Waals surface area contributed by atoms with Crippen molar-refractivity contribution in [3.05, 3.63) is 58.7 Å². The average Bonchev–Trinajstić information content (AvgIpc) is 3.24. The van der Waals surface area contributed by atoms with E-state index in [0.717, 1.165) is 11.3 Å². The number of rotatable bonds is 4. The molecule has 0 saturated heterocycles. The van der Waals surface area contributed by atoms with Gasteiger partial charge in [-0.3, -0.25) is 4.79 Å². The molecule has 0 aliphatic rings. The van der Waals surface area contributed by atoms with Gasteiger partial charge in [-0.2, -0.15) is 5.10 Å². The minimum absolute atomic E-state index is 0.177. The number of carbonyl (C=O) groups is 1. The highest BCUT2D eigenvalue weighted by Crippen LogP contribution is 2.14. The number of hydrogen-bond acceptors (Lipinski definition) is 6. The summed E-state index contributed by atoms with van der Waals surface area (Å²) in [6.07, 6.45) is 1.50. The van der Waals surface area contributed by atoms with E-state index in [1.165, 1.54) is 11.0 Å². The molecule has 116 valence electrons. The van der Waals surface area contributed by atoms with Crippen molar-refractivity contribution in [1.82, 2.24) is 25.6 Å². The molecule has 0 unspecified atom stereocenters. The van der Waals surface area contributed by atoms with Gasteiger partial charge in [0.05, 0.1) is 11.4 Å². The molecule has 0 bridgehead atoms. The first kappa shape index (κ1) is 15.1. The number of hydrazone groups is 1. The Kier molecular flexibility index (Phi) is 4.29. The smallest absolute Gasteiger partial charge is 0.307 e. The maximum atomic E-state index is 11.9. The topological polar surface area (TPSA) is 98.2 Å². The van der Waals surface area contributed by atoms with Crippen LogP contribution in [0.2, 0.25) is 0 Å². The molecule has 8 nitrogen and oxygen atoms in total. The molecule has 0 atom stereocenters. The molecule has 3 aromatic rings. The molecule has 1 N–H and O–H groups in total. The van der Waals surface area contributed by atoms with E-state index < -0.39 is 5.91 Å². The molecule has 2 heterocycles. The maximum Gasteiger partial charge on any atom is 0.307 e. The normalized spacial score (nSPS) is 11.5. The van der Waals surface area contributed by atoms with Crippen molar-refractivity contribution in [3.63, 3.8) is 0 Å². The summed E-state index contributed by atoms with van der Waals surface area (Å²) in [5, 5.41) is 15.1. The molecule has 3 rings (SSSR count). The predicted octanol–water partition coefficient (Wildman–Crippen LogP) is 2.17. The first-order chi connectivity index (χ1) is 11.1. The van der Waals surface area contributed by atoms with Gasteiger partial charge >= 0.3 is 5.91 Å². The van der Waals surface area contributed by atoms with Gasteiger partial charge < -0.3 is 4.42 Å². The Morgan fingerprint density at radius 2 is 2.22 bits per heavy atom. The molecule has 0 aliphatic heterocycles. The summed E-state index contributed by atoms with van der Waals surface area (Å²) in [6.45, 7) is 1.79. The monoisotopic (exact) mass is 374 g/mol. The largest absolute Gasteiger partial charge is 0.444 e. The fraction of sp³-hybridized carbons (Fsp3) is 0.0714. The number of nitrogens with one attached hydrogen (secondary N) is 1. The van der Waals surface area contributed by atoms with E-state index in [0.29, 0.717) is 10.4 Å².